The molecule has 1 saturated heterocycles. The summed E-state index contributed by atoms with van der Waals surface area (Å²) in [6.45, 7) is 1.59. The third-order valence-corrected chi connectivity index (χ3v) is 3.76. The number of hydrogen-bond donors (Lipinski definition) is 1. The topological polar surface area (TPSA) is 59.4 Å². The lowest BCUT2D eigenvalue weighted by atomic mass is 10.0. The molecule has 0 aromatic heterocycles. The Morgan fingerprint density at radius 1 is 1.33 bits per heavy atom. The maximum Gasteiger partial charge on any atom is 0.319 e. The van der Waals surface area contributed by atoms with Crippen molar-refractivity contribution < 1.29 is 4.79 Å². The summed E-state index contributed by atoms with van der Waals surface area (Å²) in [6, 6.07) is 10.6. The summed E-state index contributed by atoms with van der Waals surface area (Å²) < 4.78 is 0. The molecule has 0 spiro atoms. The van der Waals surface area contributed by atoms with E-state index in [0.29, 0.717) is 12.5 Å². The maximum absolute atomic E-state index is 11.9. The van der Waals surface area contributed by atoms with E-state index in [1.807, 2.05) is 29.2 Å². The minimum atomic E-state index is 0.0920. The predicted octanol–water partition coefficient (Wildman–Crippen LogP) is 2.31. The van der Waals surface area contributed by atoms with Crippen LogP contribution in [0.5, 0.6) is 0 Å². The summed E-state index contributed by atoms with van der Waals surface area (Å²) in [6.07, 6.45) is 2.37. The highest BCUT2D eigenvalue weighted by atomic mass is 16.2. The first kappa shape index (κ1) is 15.2. The first-order valence-corrected chi connectivity index (χ1v) is 7.29. The predicted molar refractivity (Wildman–Crippen MR) is 83.1 cm³/mol. The van der Waals surface area contributed by atoms with Crippen LogP contribution in [0.25, 0.3) is 0 Å². The van der Waals surface area contributed by atoms with E-state index in [-0.39, 0.29) is 6.03 Å². The molecule has 21 heavy (non-hydrogen) atoms. The SMILES string of the molecule is CN(C)C(=O)N1CCC(Nc2ccc(CC#N)cc2)CC1. The van der Waals surface area contributed by atoms with Gasteiger partial charge < -0.3 is 15.1 Å². The molecule has 0 unspecified atom stereocenters. The molecule has 1 fully saturated rings. The van der Waals surface area contributed by atoms with Crippen LogP contribution in [-0.4, -0.2) is 49.1 Å². The number of carbonyl (C=O) groups excluding carboxylic acids is 1. The Hall–Kier alpha value is -2.22. The van der Waals surface area contributed by atoms with Crippen LogP contribution in [0.1, 0.15) is 18.4 Å². The zero-order valence-electron chi connectivity index (χ0n) is 12.7. The van der Waals surface area contributed by atoms with E-state index in [9.17, 15) is 4.79 Å². The third kappa shape index (κ3) is 4.12. The highest BCUT2D eigenvalue weighted by molar-refractivity contribution is 5.73. The van der Waals surface area contributed by atoms with Crippen molar-refractivity contribution in [3.05, 3.63) is 29.8 Å². The van der Waals surface area contributed by atoms with Crippen LogP contribution < -0.4 is 5.32 Å². The van der Waals surface area contributed by atoms with E-state index >= 15 is 0 Å². The van der Waals surface area contributed by atoms with E-state index in [4.69, 9.17) is 5.26 Å². The Morgan fingerprint density at radius 3 is 2.48 bits per heavy atom. The molecular formula is C16H22N4O. The van der Waals surface area contributed by atoms with Crippen LogP contribution in [0, 0.1) is 11.3 Å². The van der Waals surface area contributed by atoms with Gasteiger partial charge in [0.05, 0.1) is 12.5 Å². The Kier molecular flexibility index (Phi) is 5.04. The number of rotatable bonds is 3. The molecule has 1 heterocycles. The van der Waals surface area contributed by atoms with Crippen LogP contribution in [0.3, 0.4) is 0 Å². The molecule has 1 N–H and O–H groups in total. The number of urea groups is 1. The van der Waals surface area contributed by atoms with E-state index in [0.717, 1.165) is 37.2 Å². The normalized spacial score (nSPS) is 15.4. The molecule has 0 radical (unpaired) electrons. The molecule has 5 heteroatoms. The van der Waals surface area contributed by atoms with Gasteiger partial charge in [-0.1, -0.05) is 12.1 Å². The Morgan fingerprint density at radius 2 is 1.95 bits per heavy atom. The summed E-state index contributed by atoms with van der Waals surface area (Å²) in [4.78, 5) is 15.4. The number of nitriles is 1. The van der Waals surface area contributed by atoms with Crippen molar-refractivity contribution in [2.45, 2.75) is 25.3 Å². The van der Waals surface area contributed by atoms with E-state index in [1.54, 1.807) is 19.0 Å². The largest absolute Gasteiger partial charge is 0.382 e. The van der Waals surface area contributed by atoms with Crippen LogP contribution in [0.15, 0.2) is 24.3 Å². The molecule has 2 amide bonds. The molecule has 2 rings (SSSR count). The number of nitrogens with zero attached hydrogens (tertiary/aromatic N) is 3. The zero-order chi connectivity index (χ0) is 15.2. The van der Waals surface area contributed by atoms with E-state index < -0.39 is 0 Å². The van der Waals surface area contributed by atoms with Gasteiger partial charge in [-0.05, 0) is 30.5 Å². The summed E-state index contributed by atoms with van der Waals surface area (Å²) in [7, 11) is 3.57. The van der Waals surface area contributed by atoms with Crippen LogP contribution in [-0.2, 0) is 6.42 Å². The number of piperidine rings is 1. The number of carbonyl (C=O) groups is 1. The molecule has 1 aromatic rings. The standard InChI is InChI=1S/C16H22N4O/c1-19(2)16(21)20-11-8-15(9-12-20)18-14-5-3-13(4-6-14)7-10-17/h3-6,15,18H,7-9,11-12H2,1-2H3. The number of hydrogen-bond acceptors (Lipinski definition) is 3. The number of likely N-dealkylation sites (tertiary alicyclic amines) is 1. The maximum atomic E-state index is 11.9. The minimum absolute atomic E-state index is 0.0920. The van der Waals surface area contributed by atoms with Crippen molar-refractivity contribution in [1.82, 2.24) is 9.80 Å². The molecule has 1 aromatic carbocycles. The number of nitrogens with one attached hydrogen (secondary N) is 1. The van der Waals surface area contributed by atoms with Crippen molar-refractivity contribution in [1.29, 1.82) is 5.26 Å². The quantitative estimate of drug-likeness (QED) is 0.927. The van der Waals surface area contributed by atoms with Crippen LogP contribution in [0.4, 0.5) is 10.5 Å². The molecular weight excluding hydrogens is 264 g/mol. The fourth-order valence-electron chi connectivity index (χ4n) is 2.54. The van der Waals surface area contributed by atoms with Crippen molar-refractivity contribution >= 4 is 11.7 Å². The van der Waals surface area contributed by atoms with Gasteiger partial charge in [-0.25, -0.2) is 4.79 Å². The van der Waals surface area contributed by atoms with Crippen LogP contribution >= 0.6 is 0 Å². The third-order valence-electron chi connectivity index (χ3n) is 3.76. The van der Waals surface area contributed by atoms with Crippen molar-refractivity contribution in [2.75, 3.05) is 32.5 Å². The summed E-state index contributed by atoms with van der Waals surface area (Å²) in [5.74, 6) is 0. The monoisotopic (exact) mass is 286 g/mol. The second-order valence-corrected chi connectivity index (χ2v) is 5.61. The molecule has 1 aliphatic heterocycles. The van der Waals surface area contributed by atoms with Gasteiger partial charge in [0.25, 0.3) is 0 Å². The van der Waals surface area contributed by atoms with E-state index in [2.05, 4.69) is 11.4 Å². The van der Waals surface area contributed by atoms with Crippen molar-refractivity contribution in [3.63, 3.8) is 0 Å². The molecule has 1 aliphatic rings. The van der Waals surface area contributed by atoms with Crippen molar-refractivity contribution in [3.8, 4) is 6.07 Å². The number of anilines is 1. The van der Waals surface area contributed by atoms with Gasteiger partial charge >= 0.3 is 6.03 Å². The Labute approximate surface area is 126 Å². The lowest BCUT2D eigenvalue weighted by Gasteiger charge is -2.34. The fraction of sp³-hybridized carbons (Fsp3) is 0.500. The molecule has 0 bridgehead atoms. The van der Waals surface area contributed by atoms with Gasteiger partial charge in [0.2, 0.25) is 0 Å². The minimum Gasteiger partial charge on any atom is -0.382 e. The molecule has 0 atom stereocenters. The van der Waals surface area contributed by atoms with E-state index in [1.165, 1.54) is 0 Å². The zero-order valence-corrected chi connectivity index (χ0v) is 12.7. The second kappa shape index (κ2) is 6.98. The molecule has 112 valence electrons. The summed E-state index contributed by atoms with van der Waals surface area (Å²) in [5, 5.41) is 12.2. The Balaban J connectivity index is 1.83. The average molecular weight is 286 g/mol. The van der Waals surface area contributed by atoms with Gasteiger partial charge in [-0.2, -0.15) is 5.26 Å². The fourth-order valence-corrected chi connectivity index (χ4v) is 2.54. The molecule has 0 aliphatic carbocycles. The average Bonchev–Trinajstić information content (AvgIpc) is 2.49. The highest BCUT2D eigenvalue weighted by Crippen LogP contribution is 2.18. The van der Waals surface area contributed by atoms with Gasteiger partial charge in [-0.15, -0.1) is 0 Å². The second-order valence-electron chi connectivity index (χ2n) is 5.61. The lowest BCUT2D eigenvalue weighted by Crippen LogP contribution is -2.46. The van der Waals surface area contributed by atoms with Gasteiger partial charge in [0.1, 0.15) is 0 Å². The first-order valence-electron chi connectivity index (χ1n) is 7.29. The highest BCUT2D eigenvalue weighted by Gasteiger charge is 2.23. The Bertz CT molecular complexity index is 510. The van der Waals surface area contributed by atoms with Gasteiger partial charge in [-0.3, -0.25) is 0 Å². The molecule has 0 saturated carbocycles. The van der Waals surface area contributed by atoms with Gasteiger partial charge in [0, 0.05) is 38.9 Å². The van der Waals surface area contributed by atoms with Crippen molar-refractivity contribution in [2.24, 2.45) is 0 Å². The number of amides is 2. The summed E-state index contributed by atoms with van der Waals surface area (Å²) >= 11 is 0. The molecule has 5 nitrogen and oxygen atoms in total. The first-order chi connectivity index (χ1) is 10.1. The van der Waals surface area contributed by atoms with Crippen LogP contribution in [0.2, 0.25) is 0 Å². The smallest absolute Gasteiger partial charge is 0.319 e. The lowest BCUT2D eigenvalue weighted by molar-refractivity contribution is 0.158. The number of benzene rings is 1. The summed E-state index contributed by atoms with van der Waals surface area (Å²) in [5.41, 5.74) is 2.11. The van der Waals surface area contributed by atoms with Gasteiger partial charge in [0.15, 0.2) is 0 Å².